The van der Waals surface area contributed by atoms with E-state index in [2.05, 4.69) is 0 Å². The summed E-state index contributed by atoms with van der Waals surface area (Å²) in [6.45, 7) is 0. The number of hydrogen-bond donors (Lipinski definition) is 0. The Morgan fingerprint density at radius 3 is 1.88 bits per heavy atom. The molecule has 1 unspecified atom stereocenters. The molecule has 0 bridgehead atoms. The van der Waals surface area contributed by atoms with Crippen LogP contribution in [0, 0.1) is 0 Å². The van der Waals surface area contributed by atoms with Crippen LogP contribution in [0.1, 0.15) is 0 Å². The topological polar surface area (TPSA) is 20.3 Å². The van der Waals surface area contributed by atoms with Crippen molar-refractivity contribution >= 4 is 18.1 Å². The second-order valence-corrected chi connectivity index (χ2v) is 4.99. The average molecular weight is 271 g/mol. The molecule has 2 nitrogen and oxygen atoms in total. The zero-order valence-corrected chi connectivity index (χ0v) is 10.4. The van der Waals surface area contributed by atoms with Gasteiger partial charge >= 0.3 is 7.25 Å². The minimum absolute atomic E-state index is 0.624. The van der Waals surface area contributed by atoms with Gasteiger partial charge in [0.2, 0.25) is 0 Å². The highest BCUT2D eigenvalue weighted by Crippen LogP contribution is 2.06. The van der Waals surface area contributed by atoms with Gasteiger partial charge in [0.15, 0.2) is 10.8 Å². The number of halogens is 4. The fraction of sp³-hybridized carbons (Fsp3) is 0.333. The lowest BCUT2D eigenvalue weighted by atomic mass is 10.3. The Labute approximate surface area is 100 Å². The molecule has 0 spiro atoms. The predicted octanol–water partition coefficient (Wildman–Crippen LogP) is 2.56. The molecule has 1 aromatic rings. The standard InChI is InChI=1S/C9H13NOS.BF4/c1-10(2)8-12(11)9-6-4-3-5-7-9;2-1(3,4)5/h3-7H,8H2,1-2H3;/q;-1/p+1. The Bertz CT molecular complexity index is 339. The molecule has 0 saturated carbocycles. The monoisotopic (exact) mass is 271 g/mol. The number of thiol groups is 1. The van der Waals surface area contributed by atoms with E-state index < -0.39 is 18.1 Å². The first-order valence-corrected chi connectivity index (χ1v) is 6.16. The molecule has 0 amide bonds. The van der Waals surface area contributed by atoms with Crippen molar-refractivity contribution in [3.8, 4) is 0 Å². The first-order chi connectivity index (χ1) is 7.70. The Balaban J connectivity index is 0.000000437. The van der Waals surface area contributed by atoms with Crippen LogP contribution in [0.25, 0.3) is 0 Å². The molecule has 0 aromatic heterocycles. The van der Waals surface area contributed by atoms with Gasteiger partial charge in [0, 0.05) is 0 Å². The fourth-order valence-electron chi connectivity index (χ4n) is 0.933. The third-order valence-electron chi connectivity index (χ3n) is 1.46. The average Bonchev–Trinajstić information content (AvgIpc) is 2.15. The summed E-state index contributed by atoms with van der Waals surface area (Å²) < 4.78 is 50.6. The van der Waals surface area contributed by atoms with Crippen molar-refractivity contribution in [2.75, 3.05) is 20.0 Å². The first-order valence-electron chi connectivity index (χ1n) is 4.72. The van der Waals surface area contributed by atoms with Gasteiger partial charge < -0.3 is 17.3 Å². The van der Waals surface area contributed by atoms with Crippen LogP contribution < -0.4 is 0 Å². The van der Waals surface area contributed by atoms with Crippen LogP contribution in [-0.4, -0.2) is 32.1 Å². The summed E-state index contributed by atoms with van der Waals surface area (Å²) >= 11 is 0. The molecule has 0 aliphatic heterocycles. The SMILES string of the molecule is CN(C)C[SH+](=O)c1ccccc1.F[B-](F)(F)F. The Morgan fingerprint density at radius 1 is 1.12 bits per heavy atom. The van der Waals surface area contributed by atoms with Crippen molar-refractivity contribution in [2.45, 2.75) is 4.90 Å². The Hall–Kier alpha value is -0.885. The molecule has 0 N–H and O–H groups in total. The van der Waals surface area contributed by atoms with Gasteiger partial charge in [0.05, 0.1) is 0 Å². The Kier molecular flexibility index (Phi) is 7.06. The van der Waals surface area contributed by atoms with Crippen molar-refractivity contribution in [1.29, 1.82) is 0 Å². The van der Waals surface area contributed by atoms with E-state index in [4.69, 9.17) is 0 Å². The fourth-order valence-corrected chi connectivity index (χ4v) is 2.11. The van der Waals surface area contributed by atoms with E-state index in [-0.39, 0.29) is 0 Å². The van der Waals surface area contributed by atoms with Gasteiger partial charge in [-0.25, -0.2) is 0 Å². The lowest BCUT2D eigenvalue weighted by molar-refractivity contribution is 0.368. The van der Waals surface area contributed by atoms with Gasteiger partial charge in [-0.3, -0.25) is 4.90 Å². The quantitative estimate of drug-likeness (QED) is 0.364. The van der Waals surface area contributed by atoms with Crippen LogP contribution in [0.15, 0.2) is 35.2 Å². The molecule has 1 aromatic carbocycles. The number of nitrogens with zero attached hydrogens (tertiary/aromatic N) is 1. The summed E-state index contributed by atoms with van der Waals surface area (Å²) in [4.78, 5) is 2.87. The highest BCUT2D eigenvalue weighted by Gasteiger charge is 2.20. The van der Waals surface area contributed by atoms with E-state index in [0.717, 1.165) is 4.90 Å². The van der Waals surface area contributed by atoms with Crippen molar-refractivity contribution in [3.05, 3.63) is 30.3 Å². The lowest BCUT2D eigenvalue weighted by Crippen LogP contribution is -2.17. The summed E-state index contributed by atoms with van der Waals surface area (Å²) in [6, 6.07) is 9.57. The number of hydrogen-bond acceptors (Lipinski definition) is 2. The zero-order chi connectivity index (χ0) is 13.5. The van der Waals surface area contributed by atoms with Crippen LogP contribution in [-0.2, 0) is 15.0 Å². The molecular weight excluding hydrogens is 257 g/mol. The molecule has 0 fully saturated rings. The highest BCUT2D eigenvalue weighted by atomic mass is 32.2. The minimum Gasteiger partial charge on any atom is -0.418 e. The van der Waals surface area contributed by atoms with Crippen molar-refractivity contribution in [2.24, 2.45) is 0 Å². The predicted molar refractivity (Wildman–Crippen MR) is 62.9 cm³/mol. The summed E-state index contributed by atoms with van der Waals surface area (Å²) in [5.74, 6) is 0.624. The molecule has 0 aliphatic rings. The zero-order valence-electron chi connectivity index (χ0n) is 9.49. The second-order valence-electron chi connectivity index (χ2n) is 3.43. The largest absolute Gasteiger partial charge is 0.673 e. The van der Waals surface area contributed by atoms with Crippen LogP contribution in [0.4, 0.5) is 17.3 Å². The van der Waals surface area contributed by atoms with E-state index in [1.54, 1.807) is 0 Å². The molecular formula is C9H14BF4NOS. The van der Waals surface area contributed by atoms with E-state index in [1.165, 1.54) is 0 Å². The first kappa shape index (κ1) is 16.1. The molecule has 0 saturated heterocycles. The summed E-state index contributed by atoms with van der Waals surface area (Å²) in [7, 11) is -3.39. The number of rotatable bonds is 3. The third kappa shape index (κ3) is 11.4. The summed E-state index contributed by atoms with van der Waals surface area (Å²) in [5.41, 5.74) is 0. The molecule has 8 heteroatoms. The van der Waals surface area contributed by atoms with Crippen molar-refractivity contribution in [3.63, 3.8) is 0 Å². The van der Waals surface area contributed by atoms with E-state index >= 15 is 0 Å². The molecule has 1 rings (SSSR count). The smallest absolute Gasteiger partial charge is 0.418 e. The molecule has 0 heterocycles. The van der Waals surface area contributed by atoms with E-state index in [9.17, 15) is 21.5 Å². The molecule has 1 atom stereocenters. The molecule has 17 heavy (non-hydrogen) atoms. The maximum absolute atomic E-state index is 11.6. The van der Waals surface area contributed by atoms with Crippen LogP contribution in [0.2, 0.25) is 0 Å². The summed E-state index contributed by atoms with van der Waals surface area (Å²) in [5, 5.41) is 0. The second kappa shape index (κ2) is 7.44. The maximum Gasteiger partial charge on any atom is 0.673 e. The highest BCUT2D eigenvalue weighted by molar-refractivity contribution is 7.84. The van der Waals surface area contributed by atoms with Crippen LogP contribution in [0.5, 0.6) is 0 Å². The van der Waals surface area contributed by atoms with Gasteiger partial charge in [0.1, 0.15) is 10.8 Å². The van der Waals surface area contributed by atoms with Crippen molar-refractivity contribution < 1.29 is 21.5 Å². The van der Waals surface area contributed by atoms with Crippen molar-refractivity contribution in [1.82, 2.24) is 4.90 Å². The molecule has 98 valence electrons. The van der Waals surface area contributed by atoms with E-state index in [0.29, 0.717) is 5.88 Å². The normalized spacial score (nSPS) is 12.9. The minimum atomic E-state index is -6.00. The van der Waals surface area contributed by atoms with Gasteiger partial charge in [0.25, 0.3) is 0 Å². The molecule has 0 radical (unpaired) electrons. The van der Waals surface area contributed by atoms with Gasteiger partial charge in [-0.05, 0) is 26.2 Å². The molecule has 0 aliphatic carbocycles. The van der Waals surface area contributed by atoms with Crippen LogP contribution in [0.3, 0.4) is 0 Å². The lowest BCUT2D eigenvalue weighted by Gasteiger charge is -2.03. The van der Waals surface area contributed by atoms with Gasteiger partial charge in [-0.15, -0.1) is 4.21 Å². The summed E-state index contributed by atoms with van der Waals surface area (Å²) in [6.07, 6.45) is 0. The van der Waals surface area contributed by atoms with Gasteiger partial charge in [-0.2, -0.15) is 0 Å². The van der Waals surface area contributed by atoms with Gasteiger partial charge in [-0.1, -0.05) is 18.2 Å². The van der Waals surface area contributed by atoms with E-state index in [1.807, 2.05) is 49.3 Å². The maximum atomic E-state index is 11.6. The number of benzene rings is 1. The Morgan fingerprint density at radius 2 is 1.53 bits per heavy atom. The third-order valence-corrected chi connectivity index (χ3v) is 3.15. The van der Waals surface area contributed by atoms with Crippen LogP contribution >= 0.6 is 0 Å².